The molecule has 0 fully saturated rings. The van der Waals surface area contributed by atoms with Crippen LogP contribution in [0.5, 0.6) is 0 Å². The molecule has 0 unspecified atom stereocenters. The van der Waals surface area contributed by atoms with Crippen LogP contribution in [0, 0.1) is 12.7 Å². The molecule has 0 radical (unpaired) electrons. The lowest BCUT2D eigenvalue weighted by Crippen LogP contribution is -2.23. The van der Waals surface area contributed by atoms with Crippen LogP contribution in [0.1, 0.15) is 21.1 Å². The van der Waals surface area contributed by atoms with E-state index < -0.39 is 0 Å². The fraction of sp³-hybridized carbons (Fsp3) is 0.167. The number of benzene rings is 1. The predicted molar refractivity (Wildman–Crippen MR) is 64.4 cm³/mol. The Bertz CT molecular complexity index is 539. The van der Waals surface area contributed by atoms with Crippen LogP contribution in [0.3, 0.4) is 0 Å². The molecule has 17 heavy (non-hydrogen) atoms. The standard InChI is InChI=1S/C12H11FN2OS/c1-8-15-11(7-17-8)12(16)14-6-9-3-2-4-10(13)5-9/h2-5,7H,6H2,1H3,(H,14,16). The molecule has 0 saturated carbocycles. The smallest absolute Gasteiger partial charge is 0.271 e. The lowest BCUT2D eigenvalue weighted by Gasteiger charge is -2.03. The quantitative estimate of drug-likeness (QED) is 0.909. The number of carbonyl (C=O) groups excluding carboxylic acids is 1. The molecule has 1 amide bonds. The van der Waals surface area contributed by atoms with E-state index in [4.69, 9.17) is 0 Å². The van der Waals surface area contributed by atoms with Gasteiger partial charge in [0.25, 0.3) is 5.91 Å². The molecular weight excluding hydrogens is 239 g/mol. The van der Waals surface area contributed by atoms with Gasteiger partial charge in [-0.15, -0.1) is 11.3 Å². The van der Waals surface area contributed by atoms with Crippen molar-refractivity contribution in [1.29, 1.82) is 0 Å². The van der Waals surface area contributed by atoms with E-state index in [0.717, 1.165) is 10.6 Å². The van der Waals surface area contributed by atoms with Crippen LogP contribution in [-0.2, 0) is 6.54 Å². The Morgan fingerprint density at radius 1 is 1.53 bits per heavy atom. The molecule has 2 aromatic rings. The highest BCUT2D eigenvalue weighted by molar-refractivity contribution is 7.09. The van der Waals surface area contributed by atoms with Crippen molar-refractivity contribution in [2.24, 2.45) is 0 Å². The van der Waals surface area contributed by atoms with Crippen molar-refractivity contribution in [3.05, 3.63) is 51.7 Å². The van der Waals surface area contributed by atoms with Crippen LogP contribution < -0.4 is 5.32 Å². The normalized spacial score (nSPS) is 10.2. The molecule has 1 N–H and O–H groups in total. The van der Waals surface area contributed by atoms with E-state index in [1.54, 1.807) is 17.5 Å². The molecule has 5 heteroatoms. The molecular formula is C12H11FN2OS. The predicted octanol–water partition coefficient (Wildman–Crippen LogP) is 2.52. The summed E-state index contributed by atoms with van der Waals surface area (Å²) in [5.41, 5.74) is 1.13. The molecule has 1 aromatic heterocycles. The fourth-order valence-corrected chi connectivity index (χ4v) is 1.98. The van der Waals surface area contributed by atoms with Gasteiger partial charge in [-0.1, -0.05) is 12.1 Å². The number of thiazole rings is 1. The van der Waals surface area contributed by atoms with Crippen molar-refractivity contribution in [3.63, 3.8) is 0 Å². The van der Waals surface area contributed by atoms with Gasteiger partial charge in [-0.25, -0.2) is 9.37 Å². The third-order valence-corrected chi connectivity index (χ3v) is 2.97. The number of carbonyl (C=O) groups is 1. The summed E-state index contributed by atoms with van der Waals surface area (Å²) in [5, 5.41) is 5.25. The van der Waals surface area contributed by atoms with Gasteiger partial charge in [0, 0.05) is 11.9 Å². The Hall–Kier alpha value is -1.75. The molecule has 1 heterocycles. The summed E-state index contributed by atoms with van der Waals surface area (Å²) in [4.78, 5) is 15.7. The fourth-order valence-electron chi connectivity index (χ4n) is 1.39. The maximum absolute atomic E-state index is 12.9. The number of rotatable bonds is 3. The first-order valence-electron chi connectivity index (χ1n) is 5.10. The Labute approximate surface area is 102 Å². The van der Waals surface area contributed by atoms with Gasteiger partial charge in [-0.2, -0.15) is 0 Å². The number of hydrogen-bond donors (Lipinski definition) is 1. The van der Waals surface area contributed by atoms with Crippen molar-refractivity contribution in [1.82, 2.24) is 10.3 Å². The van der Waals surface area contributed by atoms with E-state index >= 15 is 0 Å². The zero-order valence-electron chi connectivity index (χ0n) is 9.24. The van der Waals surface area contributed by atoms with Crippen molar-refractivity contribution >= 4 is 17.2 Å². The first-order valence-corrected chi connectivity index (χ1v) is 5.98. The number of nitrogens with zero attached hydrogens (tertiary/aromatic N) is 1. The second kappa shape index (κ2) is 5.05. The molecule has 88 valence electrons. The number of aromatic nitrogens is 1. The third kappa shape index (κ3) is 3.10. The van der Waals surface area contributed by atoms with Gasteiger partial charge in [0.05, 0.1) is 5.01 Å². The number of amides is 1. The van der Waals surface area contributed by atoms with E-state index in [1.165, 1.54) is 23.5 Å². The lowest BCUT2D eigenvalue weighted by atomic mass is 10.2. The summed E-state index contributed by atoms with van der Waals surface area (Å²) in [6.45, 7) is 2.14. The van der Waals surface area contributed by atoms with Crippen LogP contribution in [0.15, 0.2) is 29.6 Å². The van der Waals surface area contributed by atoms with Gasteiger partial charge < -0.3 is 5.32 Å². The largest absolute Gasteiger partial charge is 0.347 e. The third-order valence-electron chi connectivity index (χ3n) is 2.19. The van der Waals surface area contributed by atoms with E-state index in [-0.39, 0.29) is 11.7 Å². The molecule has 0 aliphatic heterocycles. The summed E-state index contributed by atoms with van der Waals surface area (Å²) >= 11 is 1.42. The van der Waals surface area contributed by atoms with Crippen LogP contribution in [0.2, 0.25) is 0 Å². The van der Waals surface area contributed by atoms with Gasteiger partial charge >= 0.3 is 0 Å². The Morgan fingerprint density at radius 2 is 2.35 bits per heavy atom. The van der Waals surface area contributed by atoms with Gasteiger partial charge in [-0.3, -0.25) is 4.79 Å². The first-order chi connectivity index (χ1) is 8.15. The highest BCUT2D eigenvalue weighted by Gasteiger charge is 2.08. The summed E-state index contributed by atoms with van der Waals surface area (Å²) < 4.78 is 12.9. The van der Waals surface area contributed by atoms with Gasteiger partial charge in [0.2, 0.25) is 0 Å². The molecule has 0 saturated heterocycles. The summed E-state index contributed by atoms with van der Waals surface area (Å²) in [7, 11) is 0. The second-order valence-electron chi connectivity index (χ2n) is 3.56. The Morgan fingerprint density at radius 3 is 3.00 bits per heavy atom. The minimum atomic E-state index is -0.304. The summed E-state index contributed by atoms with van der Waals surface area (Å²) in [6.07, 6.45) is 0. The Kier molecular flexibility index (Phi) is 3.49. The van der Waals surface area contributed by atoms with Gasteiger partial charge in [0.15, 0.2) is 0 Å². The van der Waals surface area contributed by atoms with Crippen molar-refractivity contribution in [3.8, 4) is 0 Å². The SMILES string of the molecule is Cc1nc(C(=O)NCc2cccc(F)c2)cs1. The summed E-state index contributed by atoms with van der Waals surface area (Å²) in [6, 6.07) is 6.14. The summed E-state index contributed by atoms with van der Waals surface area (Å²) in [5.74, 6) is -0.542. The average Bonchev–Trinajstić information content (AvgIpc) is 2.73. The van der Waals surface area contributed by atoms with Crippen LogP contribution in [0.4, 0.5) is 4.39 Å². The van der Waals surface area contributed by atoms with Crippen molar-refractivity contribution in [2.75, 3.05) is 0 Å². The van der Waals surface area contributed by atoms with Crippen LogP contribution in [0.25, 0.3) is 0 Å². The minimum Gasteiger partial charge on any atom is -0.347 e. The zero-order valence-corrected chi connectivity index (χ0v) is 10.1. The van der Waals surface area contributed by atoms with Crippen LogP contribution in [-0.4, -0.2) is 10.9 Å². The number of nitrogens with one attached hydrogen (secondary N) is 1. The number of halogens is 1. The molecule has 0 aliphatic rings. The highest BCUT2D eigenvalue weighted by Crippen LogP contribution is 2.08. The average molecular weight is 250 g/mol. The molecule has 3 nitrogen and oxygen atoms in total. The lowest BCUT2D eigenvalue weighted by molar-refractivity contribution is 0.0946. The molecule has 2 rings (SSSR count). The molecule has 0 bridgehead atoms. The number of hydrogen-bond acceptors (Lipinski definition) is 3. The topological polar surface area (TPSA) is 42.0 Å². The highest BCUT2D eigenvalue weighted by atomic mass is 32.1. The van der Waals surface area contributed by atoms with Gasteiger partial charge in [-0.05, 0) is 24.6 Å². The Balaban J connectivity index is 1.97. The second-order valence-corrected chi connectivity index (χ2v) is 4.63. The van der Waals surface area contributed by atoms with Gasteiger partial charge in [0.1, 0.15) is 11.5 Å². The molecule has 0 aliphatic carbocycles. The molecule has 1 aromatic carbocycles. The first kappa shape index (κ1) is 11.7. The monoisotopic (exact) mass is 250 g/mol. The zero-order chi connectivity index (χ0) is 12.3. The number of aryl methyl sites for hydroxylation is 1. The van der Waals surface area contributed by atoms with Crippen LogP contribution >= 0.6 is 11.3 Å². The van der Waals surface area contributed by atoms with Crippen molar-refractivity contribution < 1.29 is 9.18 Å². The van der Waals surface area contributed by atoms with E-state index in [1.807, 2.05) is 6.92 Å². The minimum absolute atomic E-state index is 0.237. The molecule has 0 atom stereocenters. The maximum atomic E-state index is 12.9. The van der Waals surface area contributed by atoms with Crippen molar-refractivity contribution in [2.45, 2.75) is 13.5 Å². The maximum Gasteiger partial charge on any atom is 0.271 e. The molecule has 0 spiro atoms. The van der Waals surface area contributed by atoms with E-state index in [9.17, 15) is 9.18 Å². The van der Waals surface area contributed by atoms with E-state index in [0.29, 0.717) is 12.2 Å². The van der Waals surface area contributed by atoms with E-state index in [2.05, 4.69) is 10.3 Å².